The van der Waals surface area contributed by atoms with E-state index < -0.39 is 0 Å². The van der Waals surface area contributed by atoms with Gasteiger partial charge in [-0.15, -0.1) is 0 Å². The molecule has 0 nitrogen and oxygen atoms in total. The van der Waals surface area contributed by atoms with Gasteiger partial charge in [-0.1, -0.05) is 29.5 Å². The number of thiol groups is 1. The van der Waals surface area contributed by atoms with E-state index in [2.05, 4.69) is 24.5 Å². The molecule has 0 atom stereocenters. The van der Waals surface area contributed by atoms with E-state index in [4.69, 9.17) is 11.6 Å². The molecule has 0 aromatic heterocycles. The zero-order valence-electron chi connectivity index (χ0n) is 6.76. The summed E-state index contributed by atoms with van der Waals surface area (Å²) < 4.78 is 0. The lowest BCUT2D eigenvalue weighted by Crippen LogP contribution is -1.81. The summed E-state index contributed by atoms with van der Waals surface area (Å²) >= 11 is 9.81. The fourth-order valence-electron chi connectivity index (χ4n) is 0.864. The summed E-state index contributed by atoms with van der Waals surface area (Å²) in [5.74, 6) is 6.46. The second kappa shape index (κ2) is 4.45. The largest absolute Gasteiger partial charge is 0.166 e. The Morgan fingerprint density at radius 2 is 2.25 bits per heavy atom. The van der Waals surface area contributed by atoms with Crippen molar-refractivity contribution in [2.24, 2.45) is 0 Å². The third kappa shape index (κ3) is 2.48. The second-order valence-electron chi connectivity index (χ2n) is 2.42. The predicted molar refractivity (Wildman–Crippen MR) is 56.9 cm³/mol. The van der Waals surface area contributed by atoms with Crippen LogP contribution in [0.3, 0.4) is 0 Å². The number of aryl methyl sites for hydroxylation is 1. The van der Waals surface area contributed by atoms with E-state index in [1.807, 2.05) is 25.1 Å². The number of halogens is 1. The van der Waals surface area contributed by atoms with Gasteiger partial charge in [-0.25, -0.2) is 0 Å². The van der Waals surface area contributed by atoms with E-state index in [1.165, 1.54) is 0 Å². The third-order valence-corrected chi connectivity index (χ3v) is 1.89. The summed E-state index contributed by atoms with van der Waals surface area (Å²) in [7, 11) is 0. The SMILES string of the molecule is Cc1ccc(Cl)cc1C#CCS. The maximum absolute atomic E-state index is 5.81. The lowest BCUT2D eigenvalue weighted by atomic mass is 10.1. The van der Waals surface area contributed by atoms with Gasteiger partial charge in [-0.05, 0) is 24.6 Å². The topological polar surface area (TPSA) is 0 Å². The molecule has 0 spiro atoms. The van der Waals surface area contributed by atoms with Gasteiger partial charge >= 0.3 is 0 Å². The summed E-state index contributed by atoms with van der Waals surface area (Å²) in [5, 5.41) is 0.726. The molecule has 1 aromatic rings. The Bertz CT molecular complexity index is 333. The first-order valence-electron chi connectivity index (χ1n) is 3.60. The standard InChI is InChI=1S/C10H9ClS/c1-8-4-5-10(11)7-9(8)3-2-6-12/h4-5,7,12H,6H2,1H3. The molecule has 0 saturated carbocycles. The van der Waals surface area contributed by atoms with Crippen molar-refractivity contribution < 1.29 is 0 Å². The molecule has 62 valence electrons. The summed E-state index contributed by atoms with van der Waals surface area (Å²) in [6, 6.07) is 5.70. The molecule has 0 aliphatic heterocycles. The minimum absolute atomic E-state index is 0.575. The summed E-state index contributed by atoms with van der Waals surface area (Å²) in [6.45, 7) is 2.01. The maximum atomic E-state index is 5.81. The summed E-state index contributed by atoms with van der Waals surface area (Å²) in [4.78, 5) is 0. The molecule has 1 aromatic carbocycles. The first kappa shape index (κ1) is 9.51. The minimum Gasteiger partial charge on any atom is -0.166 e. The normalized spacial score (nSPS) is 8.92. The fourth-order valence-corrected chi connectivity index (χ4v) is 1.11. The highest BCUT2D eigenvalue weighted by Gasteiger charge is 1.94. The zero-order valence-corrected chi connectivity index (χ0v) is 8.41. The minimum atomic E-state index is 0.575. The second-order valence-corrected chi connectivity index (χ2v) is 3.17. The van der Waals surface area contributed by atoms with Gasteiger partial charge in [0, 0.05) is 10.6 Å². The average molecular weight is 197 g/mol. The molecule has 0 aliphatic carbocycles. The van der Waals surface area contributed by atoms with Crippen LogP contribution in [0.4, 0.5) is 0 Å². The molecule has 0 bridgehead atoms. The molecular formula is C10H9ClS. The third-order valence-electron chi connectivity index (χ3n) is 1.50. The Morgan fingerprint density at radius 3 is 2.92 bits per heavy atom. The molecular weight excluding hydrogens is 188 g/mol. The van der Waals surface area contributed by atoms with E-state index in [0.717, 1.165) is 16.1 Å². The lowest BCUT2D eigenvalue weighted by Gasteiger charge is -1.97. The molecule has 2 heteroatoms. The molecule has 0 N–H and O–H groups in total. The smallest absolute Gasteiger partial charge is 0.0521 e. The van der Waals surface area contributed by atoms with Crippen LogP contribution < -0.4 is 0 Å². The van der Waals surface area contributed by atoms with Gasteiger partial charge in [-0.2, -0.15) is 12.6 Å². The Kier molecular flexibility index (Phi) is 3.52. The van der Waals surface area contributed by atoms with Gasteiger partial charge in [0.05, 0.1) is 5.75 Å². The van der Waals surface area contributed by atoms with Gasteiger partial charge in [0.1, 0.15) is 0 Å². The Morgan fingerprint density at radius 1 is 1.50 bits per heavy atom. The zero-order chi connectivity index (χ0) is 8.97. The predicted octanol–water partition coefficient (Wildman–Crippen LogP) is 2.93. The van der Waals surface area contributed by atoms with E-state index in [1.54, 1.807) is 0 Å². The summed E-state index contributed by atoms with van der Waals surface area (Å²) in [5.41, 5.74) is 2.13. The Balaban J connectivity index is 3.05. The summed E-state index contributed by atoms with van der Waals surface area (Å²) in [6.07, 6.45) is 0. The first-order valence-corrected chi connectivity index (χ1v) is 4.61. The number of hydrogen-bond donors (Lipinski definition) is 1. The van der Waals surface area contributed by atoms with Crippen molar-refractivity contribution in [1.82, 2.24) is 0 Å². The molecule has 0 heterocycles. The van der Waals surface area contributed by atoms with Crippen molar-refractivity contribution >= 4 is 24.2 Å². The fraction of sp³-hybridized carbons (Fsp3) is 0.200. The van der Waals surface area contributed by atoms with Crippen LogP contribution in [0, 0.1) is 18.8 Å². The van der Waals surface area contributed by atoms with Crippen molar-refractivity contribution in [1.29, 1.82) is 0 Å². The van der Waals surface area contributed by atoms with E-state index >= 15 is 0 Å². The van der Waals surface area contributed by atoms with Crippen LogP contribution in [0.2, 0.25) is 5.02 Å². The molecule has 0 amide bonds. The van der Waals surface area contributed by atoms with Crippen LogP contribution in [0.5, 0.6) is 0 Å². The van der Waals surface area contributed by atoms with E-state index in [-0.39, 0.29) is 0 Å². The quantitative estimate of drug-likeness (QED) is 0.479. The number of benzene rings is 1. The van der Waals surface area contributed by atoms with Crippen LogP contribution in [0.1, 0.15) is 11.1 Å². The van der Waals surface area contributed by atoms with Crippen LogP contribution in [0.15, 0.2) is 18.2 Å². The van der Waals surface area contributed by atoms with Crippen LogP contribution in [-0.2, 0) is 0 Å². The Hall–Kier alpha value is -0.580. The molecule has 0 unspecified atom stereocenters. The number of rotatable bonds is 0. The van der Waals surface area contributed by atoms with Crippen LogP contribution in [0.25, 0.3) is 0 Å². The number of hydrogen-bond acceptors (Lipinski definition) is 1. The highest BCUT2D eigenvalue weighted by Crippen LogP contribution is 2.13. The monoisotopic (exact) mass is 196 g/mol. The van der Waals surface area contributed by atoms with E-state index in [0.29, 0.717) is 5.75 Å². The lowest BCUT2D eigenvalue weighted by molar-refractivity contribution is 1.44. The van der Waals surface area contributed by atoms with Gasteiger partial charge < -0.3 is 0 Å². The highest BCUT2D eigenvalue weighted by molar-refractivity contribution is 7.80. The average Bonchev–Trinajstić information content (AvgIpc) is 2.07. The molecule has 0 saturated heterocycles. The Labute approximate surface area is 83.3 Å². The molecule has 0 fully saturated rings. The van der Waals surface area contributed by atoms with Crippen LogP contribution in [-0.4, -0.2) is 5.75 Å². The van der Waals surface area contributed by atoms with Gasteiger partial charge in [0.15, 0.2) is 0 Å². The van der Waals surface area contributed by atoms with Crippen LogP contribution >= 0.6 is 24.2 Å². The molecule has 12 heavy (non-hydrogen) atoms. The molecule has 0 radical (unpaired) electrons. The molecule has 1 rings (SSSR count). The highest BCUT2D eigenvalue weighted by atomic mass is 35.5. The first-order chi connectivity index (χ1) is 5.74. The van der Waals surface area contributed by atoms with Crippen molar-refractivity contribution in [3.8, 4) is 11.8 Å². The van der Waals surface area contributed by atoms with Gasteiger partial charge in [-0.3, -0.25) is 0 Å². The van der Waals surface area contributed by atoms with Gasteiger partial charge in [0.25, 0.3) is 0 Å². The molecule has 0 aliphatic rings. The van der Waals surface area contributed by atoms with Gasteiger partial charge in [0.2, 0.25) is 0 Å². The van der Waals surface area contributed by atoms with E-state index in [9.17, 15) is 0 Å². The van der Waals surface area contributed by atoms with Crippen molar-refractivity contribution in [3.05, 3.63) is 34.3 Å². The van der Waals surface area contributed by atoms with Crippen molar-refractivity contribution in [2.75, 3.05) is 5.75 Å². The van der Waals surface area contributed by atoms with Crippen molar-refractivity contribution in [3.63, 3.8) is 0 Å². The van der Waals surface area contributed by atoms with Crippen molar-refractivity contribution in [2.45, 2.75) is 6.92 Å². The maximum Gasteiger partial charge on any atom is 0.0521 e.